The van der Waals surface area contributed by atoms with Crippen LogP contribution in [0.5, 0.6) is 0 Å². The minimum Gasteiger partial charge on any atom is -0.462 e. The van der Waals surface area contributed by atoms with Crippen molar-refractivity contribution in [3.63, 3.8) is 0 Å². The van der Waals surface area contributed by atoms with Crippen molar-refractivity contribution < 1.29 is 19.1 Å². The maximum absolute atomic E-state index is 11.6. The molecular weight excluding hydrogens is 232 g/mol. The molecule has 1 aliphatic heterocycles. The fourth-order valence-corrected chi connectivity index (χ4v) is 1.93. The summed E-state index contributed by atoms with van der Waals surface area (Å²) in [6.45, 7) is 2.06. The first-order chi connectivity index (χ1) is 8.65. The Morgan fingerprint density at radius 2 is 2.11 bits per heavy atom. The number of carbonyl (C=O) groups is 2. The number of esters is 2. The van der Waals surface area contributed by atoms with E-state index >= 15 is 0 Å². The number of hydrogen-bond donors (Lipinski definition) is 0. The molecule has 0 bridgehead atoms. The Morgan fingerprint density at radius 3 is 2.72 bits per heavy atom. The van der Waals surface area contributed by atoms with Gasteiger partial charge >= 0.3 is 11.9 Å². The molecule has 1 saturated heterocycles. The first-order valence-electron chi connectivity index (χ1n) is 6.05. The van der Waals surface area contributed by atoms with Crippen molar-refractivity contribution in [2.45, 2.75) is 32.5 Å². The smallest absolute Gasteiger partial charge is 0.309 e. The summed E-state index contributed by atoms with van der Waals surface area (Å²) in [5.41, 5.74) is 0.947. The molecule has 18 heavy (non-hydrogen) atoms. The van der Waals surface area contributed by atoms with Crippen LogP contribution in [0.2, 0.25) is 0 Å². The molecule has 2 atom stereocenters. The molecule has 1 fully saturated rings. The van der Waals surface area contributed by atoms with E-state index in [0.717, 1.165) is 5.56 Å². The number of carbonyl (C=O) groups excluding carboxylic acids is 2. The summed E-state index contributed by atoms with van der Waals surface area (Å²) >= 11 is 0. The van der Waals surface area contributed by atoms with Crippen LogP contribution in [-0.2, 0) is 25.7 Å². The molecule has 1 aliphatic rings. The van der Waals surface area contributed by atoms with Gasteiger partial charge in [0.15, 0.2) is 0 Å². The zero-order valence-corrected chi connectivity index (χ0v) is 10.3. The van der Waals surface area contributed by atoms with Crippen LogP contribution in [0.15, 0.2) is 30.3 Å². The highest BCUT2D eigenvalue weighted by atomic mass is 16.6. The van der Waals surface area contributed by atoms with Crippen molar-refractivity contribution >= 4 is 11.9 Å². The van der Waals surface area contributed by atoms with Gasteiger partial charge in [-0.2, -0.15) is 0 Å². The van der Waals surface area contributed by atoms with Gasteiger partial charge in [-0.15, -0.1) is 0 Å². The lowest BCUT2D eigenvalue weighted by Crippen LogP contribution is -2.15. The summed E-state index contributed by atoms with van der Waals surface area (Å²) in [6, 6.07) is 9.48. The lowest BCUT2D eigenvalue weighted by molar-refractivity contribution is -0.151. The van der Waals surface area contributed by atoms with Crippen molar-refractivity contribution in [3.05, 3.63) is 35.9 Å². The van der Waals surface area contributed by atoms with E-state index in [1.807, 2.05) is 30.3 Å². The molecule has 0 aliphatic carbocycles. The summed E-state index contributed by atoms with van der Waals surface area (Å²) in [5.74, 6) is -0.668. The monoisotopic (exact) mass is 248 g/mol. The van der Waals surface area contributed by atoms with Crippen molar-refractivity contribution in [2.24, 2.45) is 5.92 Å². The third-order valence-electron chi connectivity index (χ3n) is 2.94. The average molecular weight is 248 g/mol. The van der Waals surface area contributed by atoms with Gasteiger partial charge in [0.05, 0.1) is 12.3 Å². The van der Waals surface area contributed by atoms with E-state index in [1.54, 1.807) is 6.92 Å². The molecule has 1 heterocycles. The summed E-state index contributed by atoms with van der Waals surface area (Å²) in [4.78, 5) is 22.7. The quantitative estimate of drug-likeness (QED) is 0.765. The highest BCUT2D eigenvalue weighted by Gasteiger charge is 2.32. The largest absolute Gasteiger partial charge is 0.462 e. The van der Waals surface area contributed by atoms with Crippen LogP contribution in [0.3, 0.4) is 0 Å². The third kappa shape index (κ3) is 3.32. The second-order valence-corrected chi connectivity index (χ2v) is 4.55. The maximum Gasteiger partial charge on any atom is 0.309 e. The lowest BCUT2D eigenvalue weighted by Gasteiger charge is -2.09. The molecule has 1 unspecified atom stereocenters. The van der Waals surface area contributed by atoms with Crippen molar-refractivity contribution in [2.75, 3.05) is 0 Å². The molecular formula is C14H16O4. The lowest BCUT2D eigenvalue weighted by atomic mass is 10.1. The van der Waals surface area contributed by atoms with Gasteiger partial charge in [0.25, 0.3) is 0 Å². The molecule has 2 rings (SSSR count). The fraction of sp³-hybridized carbons (Fsp3) is 0.429. The van der Waals surface area contributed by atoms with Gasteiger partial charge in [-0.05, 0) is 12.0 Å². The van der Waals surface area contributed by atoms with Crippen LogP contribution < -0.4 is 0 Å². The van der Waals surface area contributed by atoms with Gasteiger partial charge in [0.2, 0.25) is 0 Å². The Kier molecular flexibility index (Phi) is 3.97. The zero-order chi connectivity index (χ0) is 13.0. The molecule has 0 spiro atoms. The Bertz CT molecular complexity index is 427. The topological polar surface area (TPSA) is 52.6 Å². The molecule has 1 aromatic rings. The Hall–Kier alpha value is -1.84. The predicted molar refractivity (Wildman–Crippen MR) is 64.5 cm³/mol. The summed E-state index contributed by atoms with van der Waals surface area (Å²) < 4.78 is 10.2. The van der Waals surface area contributed by atoms with E-state index < -0.39 is 0 Å². The second-order valence-electron chi connectivity index (χ2n) is 4.55. The number of hydrogen-bond acceptors (Lipinski definition) is 4. The van der Waals surface area contributed by atoms with E-state index in [9.17, 15) is 9.59 Å². The molecule has 1 aromatic carbocycles. The highest BCUT2D eigenvalue weighted by molar-refractivity contribution is 5.76. The third-order valence-corrected chi connectivity index (χ3v) is 2.94. The van der Waals surface area contributed by atoms with Crippen LogP contribution in [0.25, 0.3) is 0 Å². The van der Waals surface area contributed by atoms with E-state index in [-0.39, 0.29) is 37.0 Å². The molecule has 0 N–H and O–H groups in total. The molecule has 0 amide bonds. The minimum absolute atomic E-state index is 0.114. The number of ether oxygens (including phenoxy) is 2. The van der Waals surface area contributed by atoms with E-state index in [1.165, 1.54) is 0 Å². The standard InChI is InChI=1S/C14H16O4/c1-10-7-12(18-14(10)16)8-13(15)17-9-11-5-3-2-4-6-11/h2-6,10,12H,7-9H2,1H3/t10?,12-/m1/s1. The molecule has 0 radical (unpaired) electrons. The van der Waals surface area contributed by atoms with Gasteiger partial charge in [-0.3, -0.25) is 9.59 Å². The molecule has 0 aromatic heterocycles. The Balaban J connectivity index is 1.75. The number of cyclic esters (lactones) is 1. The van der Waals surface area contributed by atoms with E-state index in [2.05, 4.69) is 0 Å². The molecule has 4 nitrogen and oxygen atoms in total. The second kappa shape index (κ2) is 5.67. The van der Waals surface area contributed by atoms with Gasteiger partial charge in [-0.25, -0.2) is 0 Å². The summed E-state index contributed by atoms with van der Waals surface area (Å²) in [7, 11) is 0. The molecule has 0 saturated carbocycles. The zero-order valence-electron chi connectivity index (χ0n) is 10.3. The van der Waals surface area contributed by atoms with Crippen molar-refractivity contribution in [3.8, 4) is 0 Å². The highest BCUT2D eigenvalue weighted by Crippen LogP contribution is 2.23. The SMILES string of the molecule is CC1C[C@H](CC(=O)OCc2ccccc2)OC1=O. The minimum atomic E-state index is -0.328. The van der Waals surface area contributed by atoms with Crippen LogP contribution in [0.4, 0.5) is 0 Å². The van der Waals surface area contributed by atoms with E-state index in [0.29, 0.717) is 6.42 Å². The molecule has 96 valence electrons. The van der Waals surface area contributed by atoms with Gasteiger partial charge in [0, 0.05) is 0 Å². The Morgan fingerprint density at radius 1 is 1.39 bits per heavy atom. The van der Waals surface area contributed by atoms with Crippen LogP contribution in [0, 0.1) is 5.92 Å². The number of rotatable bonds is 4. The van der Waals surface area contributed by atoms with Crippen LogP contribution in [0.1, 0.15) is 25.3 Å². The van der Waals surface area contributed by atoms with Gasteiger partial charge in [0.1, 0.15) is 12.7 Å². The Labute approximate surface area is 106 Å². The van der Waals surface area contributed by atoms with Gasteiger partial charge < -0.3 is 9.47 Å². The summed E-state index contributed by atoms with van der Waals surface area (Å²) in [5, 5.41) is 0. The van der Waals surface area contributed by atoms with Crippen molar-refractivity contribution in [1.82, 2.24) is 0 Å². The van der Waals surface area contributed by atoms with Crippen LogP contribution in [-0.4, -0.2) is 18.0 Å². The molecule has 4 heteroatoms. The average Bonchev–Trinajstić information content (AvgIpc) is 2.67. The first-order valence-corrected chi connectivity index (χ1v) is 6.05. The fourth-order valence-electron chi connectivity index (χ4n) is 1.93. The first kappa shape index (κ1) is 12.6. The van der Waals surface area contributed by atoms with Crippen LogP contribution >= 0.6 is 0 Å². The normalized spacial score (nSPS) is 22.6. The summed E-state index contributed by atoms with van der Waals surface area (Å²) in [6.07, 6.45) is 0.415. The van der Waals surface area contributed by atoms with E-state index in [4.69, 9.17) is 9.47 Å². The van der Waals surface area contributed by atoms with Gasteiger partial charge in [-0.1, -0.05) is 37.3 Å². The maximum atomic E-state index is 11.6. The number of benzene rings is 1. The predicted octanol–water partition coefficient (Wildman–Crippen LogP) is 2.07. The van der Waals surface area contributed by atoms with Crippen molar-refractivity contribution in [1.29, 1.82) is 0 Å².